The van der Waals surface area contributed by atoms with Gasteiger partial charge in [0, 0.05) is 30.3 Å². The molecule has 0 aliphatic heterocycles. The van der Waals surface area contributed by atoms with E-state index in [4.69, 9.17) is 34.8 Å². The molecule has 0 heterocycles. The Hall–Kier alpha value is -3.02. The van der Waals surface area contributed by atoms with Gasteiger partial charge in [-0.05, 0) is 43.4 Å². The van der Waals surface area contributed by atoms with E-state index in [9.17, 15) is 34.2 Å². The second kappa shape index (κ2) is 13.2. The second-order valence-corrected chi connectivity index (χ2v) is 10.2. The lowest BCUT2D eigenvalue weighted by molar-refractivity contribution is -0.387. The smallest absolute Gasteiger partial charge is 0.305 e. The number of nitro groups is 2. The maximum absolute atomic E-state index is 12.9. The standard InChI is InChI=1S/C17H22ClN3O3.C7H2Cl2FNO3/c18-14-10-15(19-11-5-1-2-6-11)16(21(23)24)9-13(14)17(22)20-12-7-3-4-8-12;8-4-2-5(10)6(11(13)14)1-3(4)7(9)12/h9-12,19H,1-8H2,(H,20,22);1-2H. The number of amides is 1. The molecule has 14 heteroatoms. The van der Waals surface area contributed by atoms with Crippen LogP contribution in [0.5, 0.6) is 0 Å². The number of benzene rings is 2. The minimum absolute atomic E-state index is 0.0946. The van der Waals surface area contributed by atoms with E-state index in [1.165, 1.54) is 12.1 Å². The highest BCUT2D eigenvalue weighted by atomic mass is 35.5. The predicted molar refractivity (Wildman–Crippen MR) is 142 cm³/mol. The molecule has 38 heavy (non-hydrogen) atoms. The fourth-order valence-electron chi connectivity index (χ4n) is 4.45. The number of nitro benzene ring substituents is 2. The van der Waals surface area contributed by atoms with E-state index in [1.54, 1.807) is 0 Å². The van der Waals surface area contributed by atoms with Crippen molar-refractivity contribution in [1.29, 1.82) is 0 Å². The largest absolute Gasteiger partial charge is 0.377 e. The summed E-state index contributed by atoms with van der Waals surface area (Å²) in [7, 11) is 0. The summed E-state index contributed by atoms with van der Waals surface area (Å²) in [4.78, 5) is 43.4. The number of rotatable bonds is 7. The Labute approximate surface area is 232 Å². The normalized spacial score (nSPS) is 15.5. The molecular weight excluding hydrogens is 566 g/mol. The van der Waals surface area contributed by atoms with Crippen molar-refractivity contribution in [3.63, 3.8) is 0 Å². The quantitative estimate of drug-likeness (QED) is 0.200. The van der Waals surface area contributed by atoms with Crippen molar-refractivity contribution in [2.75, 3.05) is 5.32 Å². The van der Waals surface area contributed by atoms with Crippen molar-refractivity contribution in [3.8, 4) is 0 Å². The Morgan fingerprint density at radius 3 is 1.84 bits per heavy atom. The Morgan fingerprint density at radius 2 is 1.32 bits per heavy atom. The van der Waals surface area contributed by atoms with Gasteiger partial charge < -0.3 is 10.6 Å². The van der Waals surface area contributed by atoms with Gasteiger partial charge in [-0.1, -0.05) is 48.9 Å². The van der Waals surface area contributed by atoms with Gasteiger partial charge in [0.1, 0.15) is 5.69 Å². The molecule has 2 saturated carbocycles. The van der Waals surface area contributed by atoms with Crippen molar-refractivity contribution in [2.24, 2.45) is 0 Å². The lowest BCUT2D eigenvalue weighted by Gasteiger charge is -2.16. The van der Waals surface area contributed by atoms with Crippen LogP contribution in [0.3, 0.4) is 0 Å². The molecule has 0 atom stereocenters. The summed E-state index contributed by atoms with van der Waals surface area (Å²) in [5, 5.41) is 26.9. The summed E-state index contributed by atoms with van der Waals surface area (Å²) >= 11 is 16.8. The molecule has 204 valence electrons. The number of hydrogen-bond acceptors (Lipinski definition) is 7. The minimum atomic E-state index is -1.11. The average Bonchev–Trinajstić information content (AvgIpc) is 3.53. The summed E-state index contributed by atoms with van der Waals surface area (Å²) in [5.74, 6) is -1.44. The van der Waals surface area contributed by atoms with Gasteiger partial charge in [-0.3, -0.25) is 29.8 Å². The van der Waals surface area contributed by atoms with Crippen LogP contribution in [0.4, 0.5) is 21.5 Å². The SMILES string of the molecule is O=C(Cl)c1cc([N+](=O)[O-])c(F)cc1Cl.O=C(NC1CCCC1)c1cc([N+](=O)[O-])c(NC2CCCC2)cc1Cl. The van der Waals surface area contributed by atoms with Crippen molar-refractivity contribution < 1.29 is 23.8 Å². The molecule has 4 rings (SSSR count). The van der Waals surface area contributed by atoms with Crippen molar-refractivity contribution in [1.82, 2.24) is 5.32 Å². The first-order valence-corrected chi connectivity index (χ1v) is 13.0. The first-order chi connectivity index (χ1) is 18.0. The molecule has 10 nitrogen and oxygen atoms in total. The zero-order valence-electron chi connectivity index (χ0n) is 20.0. The number of hydrogen-bond donors (Lipinski definition) is 2. The van der Waals surface area contributed by atoms with E-state index in [1.807, 2.05) is 0 Å². The molecule has 0 bridgehead atoms. The topological polar surface area (TPSA) is 144 Å². The second-order valence-electron chi connectivity index (χ2n) is 9.00. The summed E-state index contributed by atoms with van der Waals surface area (Å²) in [6.07, 6.45) is 8.35. The maximum atomic E-state index is 12.9. The Balaban J connectivity index is 0.000000244. The molecule has 0 aromatic heterocycles. The van der Waals surface area contributed by atoms with Crippen LogP contribution in [0.1, 0.15) is 72.1 Å². The molecule has 0 radical (unpaired) electrons. The van der Waals surface area contributed by atoms with Gasteiger partial charge in [-0.15, -0.1) is 0 Å². The number of carbonyl (C=O) groups excluding carboxylic acids is 2. The highest BCUT2D eigenvalue weighted by Gasteiger charge is 2.26. The van der Waals surface area contributed by atoms with Crippen LogP contribution < -0.4 is 10.6 Å². The Kier molecular flexibility index (Phi) is 10.2. The molecule has 2 aliphatic carbocycles. The van der Waals surface area contributed by atoms with Crippen LogP contribution in [0.15, 0.2) is 24.3 Å². The highest BCUT2D eigenvalue weighted by molar-refractivity contribution is 6.68. The van der Waals surface area contributed by atoms with E-state index < -0.39 is 26.6 Å². The van der Waals surface area contributed by atoms with Crippen LogP contribution in [0.2, 0.25) is 10.0 Å². The van der Waals surface area contributed by atoms with Crippen LogP contribution in [0, 0.1) is 26.0 Å². The zero-order valence-corrected chi connectivity index (χ0v) is 22.2. The summed E-state index contributed by atoms with van der Waals surface area (Å²) in [6.45, 7) is 0. The molecule has 1 amide bonds. The summed E-state index contributed by atoms with van der Waals surface area (Å²) in [6, 6.07) is 4.56. The van der Waals surface area contributed by atoms with Gasteiger partial charge in [0.15, 0.2) is 0 Å². The first kappa shape index (κ1) is 29.5. The van der Waals surface area contributed by atoms with E-state index in [-0.39, 0.29) is 44.9 Å². The third kappa shape index (κ3) is 7.52. The molecule has 0 spiro atoms. The van der Waals surface area contributed by atoms with Crippen molar-refractivity contribution in [2.45, 2.75) is 63.5 Å². The van der Waals surface area contributed by atoms with E-state index in [2.05, 4.69) is 10.6 Å². The molecule has 2 fully saturated rings. The number of carbonyl (C=O) groups is 2. The predicted octanol–water partition coefficient (Wildman–Crippen LogP) is 7.04. The Bertz CT molecular complexity index is 1210. The highest BCUT2D eigenvalue weighted by Crippen LogP contribution is 2.34. The maximum Gasteiger partial charge on any atom is 0.305 e. The monoisotopic (exact) mass is 588 g/mol. The lowest BCUT2D eigenvalue weighted by Crippen LogP contribution is -2.32. The first-order valence-electron chi connectivity index (χ1n) is 11.9. The Morgan fingerprint density at radius 1 is 0.816 bits per heavy atom. The molecule has 2 aromatic carbocycles. The minimum Gasteiger partial charge on any atom is -0.377 e. The summed E-state index contributed by atoms with van der Waals surface area (Å²) in [5.41, 5.74) is -0.649. The van der Waals surface area contributed by atoms with Gasteiger partial charge in [-0.25, -0.2) is 0 Å². The van der Waals surface area contributed by atoms with E-state index in [0.29, 0.717) is 17.8 Å². The number of nitrogens with one attached hydrogen (secondary N) is 2. The van der Waals surface area contributed by atoms with Gasteiger partial charge in [0.2, 0.25) is 5.82 Å². The van der Waals surface area contributed by atoms with Crippen LogP contribution >= 0.6 is 34.8 Å². The summed E-state index contributed by atoms with van der Waals surface area (Å²) < 4.78 is 12.9. The number of anilines is 1. The third-order valence-electron chi connectivity index (χ3n) is 6.38. The molecule has 0 saturated heterocycles. The number of nitrogens with zero attached hydrogens (tertiary/aromatic N) is 2. The molecule has 2 aromatic rings. The van der Waals surface area contributed by atoms with Gasteiger partial charge in [-0.2, -0.15) is 4.39 Å². The van der Waals surface area contributed by atoms with Crippen LogP contribution in [-0.2, 0) is 0 Å². The fraction of sp³-hybridized carbons (Fsp3) is 0.417. The third-order valence-corrected chi connectivity index (χ3v) is 7.21. The molecule has 2 aliphatic rings. The van der Waals surface area contributed by atoms with Crippen LogP contribution in [-0.4, -0.2) is 33.1 Å². The fourth-order valence-corrected chi connectivity index (χ4v) is 5.14. The van der Waals surface area contributed by atoms with E-state index in [0.717, 1.165) is 51.4 Å². The van der Waals surface area contributed by atoms with Crippen molar-refractivity contribution >= 4 is 63.0 Å². The van der Waals surface area contributed by atoms with Gasteiger partial charge in [0.25, 0.3) is 16.8 Å². The van der Waals surface area contributed by atoms with Crippen LogP contribution in [0.25, 0.3) is 0 Å². The van der Waals surface area contributed by atoms with Gasteiger partial charge in [0.05, 0.1) is 31.0 Å². The molecule has 2 N–H and O–H groups in total. The lowest BCUT2D eigenvalue weighted by atomic mass is 10.1. The number of halogens is 4. The zero-order chi connectivity index (χ0) is 28.0. The average molecular weight is 590 g/mol. The molecule has 0 unspecified atom stereocenters. The van der Waals surface area contributed by atoms with Gasteiger partial charge >= 0.3 is 5.69 Å². The van der Waals surface area contributed by atoms with Crippen molar-refractivity contribution in [3.05, 3.63) is 71.5 Å². The van der Waals surface area contributed by atoms with E-state index >= 15 is 0 Å². The molecular formula is C24H24Cl3FN4O6.